The van der Waals surface area contributed by atoms with Gasteiger partial charge in [0.05, 0.1) is 6.04 Å². The van der Waals surface area contributed by atoms with Crippen LogP contribution in [-0.2, 0) is 10.3 Å². The van der Waals surface area contributed by atoms with Crippen molar-refractivity contribution in [2.75, 3.05) is 32.8 Å². The molecule has 0 unspecified atom stereocenters. The molecule has 1 aromatic heterocycles. The summed E-state index contributed by atoms with van der Waals surface area (Å²) in [7, 11) is 0. The second kappa shape index (κ2) is 9.01. The molecule has 2 aromatic rings. The van der Waals surface area contributed by atoms with E-state index in [4.69, 9.17) is 14.6 Å². The fourth-order valence-corrected chi connectivity index (χ4v) is 6.03. The highest BCUT2D eigenvalue weighted by Crippen LogP contribution is 2.51. The molecule has 188 valence electrons. The number of rotatable bonds is 3. The number of aromatic nitrogens is 2. The smallest absolute Gasteiger partial charge is 0.410 e. The van der Waals surface area contributed by atoms with Crippen LogP contribution in [0.25, 0.3) is 11.3 Å². The lowest BCUT2D eigenvalue weighted by molar-refractivity contribution is -0.00489. The van der Waals surface area contributed by atoms with Crippen molar-refractivity contribution in [1.29, 1.82) is 0 Å². The molecule has 7 heteroatoms. The van der Waals surface area contributed by atoms with E-state index in [1.165, 1.54) is 11.3 Å². The van der Waals surface area contributed by atoms with Crippen LogP contribution >= 0.6 is 0 Å². The number of amides is 1. The van der Waals surface area contributed by atoms with Crippen molar-refractivity contribution in [3.63, 3.8) is 0 Å². The number of hydrogen-bond acceptors (Lipinski definition) is 5. The van der Waals surface area contributed by atoms with Gasteiger partial charge in [-0.2, -0.15) is 5.10 Å². The zero-order valence-electron chi connectivity index (χ0n) is 21.5. The van der Waals surface area contributed by atoms with Crippen LogP contribution in [-0.4, -0.2) is 64.0 Å². The first-order chi connectivity index (χ1) is 16.7. The quantitative estimate of drug-likeness (QED) is 0.560. The zero-order chi connectivity index (χ0) is 24.8. The number of para-hydroxylation sites is 1. The van der Waals surface area contributed by atoms with E-state index in [1.807, 2.05) is 12.1 Å². The lowest BCUT2D eigenvalue weighted by Gasteiger charge is -2.44. The summed E-state index contributed by atoms with van der Waals surface area (Å²) < 4.78 is 14.3. The maximum Gasteiger partial charge on any atom is 0.410 e. The Hall–Kier alpha value is -2.80. The number of carbonyl (C=O) groups is 1. The van der Waals surface area contributed by atoms with Gasteiger partial charge >= 0.3 is 6.09 Å². The molecular weight excluding hydrogens is 440 g/mol. The first-order valence-electron chi connectivity index (χ1n) is 12.9. The third kappa shape index (κ3) is 4.24. The highest BCUT2D eigenvalue weighted by atomic mass is 16.6. The van der Waals surface area contributed by atoms with Crippen LogP contribution in [0.3, 0.4) is 0 Å². The van der Waals surface area contributed by atoms with Gasteiger partial charge in [-0.15, -0.1) is 0 Å². The minimum Gasteiger partial charge on any atom is -0.482 e. The lowest BCUT2D eigenvalue weighted by atomic mass is 9.79. The predicted molar refractivity (Wildman–Crippen MR) is 137 cm³/mol. The second-order valence-corrected chi connectivity index (χ2v) is 11.1. The summed E-state index contributed by atoms with van der Waals surface area (Å²) in [6.45, 7) is 16.3. The Morgan fingerprint density at radius 3 is 2.54 bits per heavy atom. The van der Waals surface area contributed by atoms with E-state index in [0.29, 0.717) is 32.0 Å². The summed E-state index contributed by atoms with van der Waals surface area (Å²) in [5, 5.41) is 5.25. The van der Waals surface area contributed by atoms with Crippen LogP contribution in [0.15, 0.2) is 36.9 Å². The number of carbonyl (C=O) groups excluding carboxylic acids is 1. The third-order valence-electron chi connectivity index (χ3n) is 7.97. The van der Waals surface area contributed by atoms with Crippen LogP contribution in [0.4, 0.5) is 4.79 Å². The van der Waals surface area contributed by atoms with Crippen LogP contribution in [0.1, 0.15) is 63.8 Å². The molecule has 35 heavy (non-hydrogen) atoms. The molecular formula is C28H38N4O3. The van der Waals surface area contributed by atoms with Crippen LogP contribution in [0.2, 0.25) is 0 Å². The van der Waals surface area contributed by atoms with Crippen LogP contribution in [0, 0.1) is 6.92 Å². The van der Waals surface area contributed by atoms with Crippen molar-refractivity contribution >= 4 is 6.09 Å². The van der Waals surface area contributed by atoms with Gasteiger partial charge in [0.1, 0.15) is 23.7 Å². The average molecular weight is 479 g/mol. The van der Waals surface area contributed by atoms with E-state index in [2.05, 4.69) is 56.0 Å². The minimum atomic E-state index is -0.479. The second-order valence-electron chi connectivity index (χ2n) is 11.1. The molecule has 1 spiro atoms. The van der Waals surface area contributed by atoms with Gasteiger partial charge in [-0.25, -0.2) is 4.79 Å². The largest absolute Gasteiger partial charge is 0.482 e. The van der Waals surface area contributed by atoms with Gasteiger partial charge in [0.2, 0.25) is 0 Å². The highest BCUT2D eigenvalue weighted by molar-refractivity contribution is 5.74. The van der Waals surface area contributed by atoms with E-state index in [1.54, 1.807) is 11.0 Å². The molecule has 0 radical (unpaired) electrons. The van der Waals surface area contributed by atoms with Gasteiger partial charge in [0.15, 0.2) is 0 Å². The molecule has 0 saturated carbocycles. The molecule has 2 saturated heterocycles. The molecule has 0 atom stereocenters. The van der Waals surface area contributed by atoms with Crippen molar-refractivity contribution < 1.29 is 14.3 Å². The van der Waals surface area contributed by atoms with Crippen LogP contribution < -0.4 is 4.74 Å². The Bertz CT molecular complexity index is 1100. The minimum absolute atomic E-state index is 0.195. The van der Waals surface area contributed by atoms with Crippen molar-refractivity contribution in [3.05, 3.63) is 48.2 Å². The number of piperidine rings is 2. The first-order valence-corrected chi connectivity index (χ1v) is 12.9. The normalized spacial score (nSPS) is 20.2. The summed E-state index contributed by atoms with van der Waals surface area (Å²) in [4.78, 5) is 16.8. The number of fused-ring (bicyclic) bond motifs is 4. The first kappa shape index (κ1) is 23.9. The van der Waals surface area contributed by atoms with Crippen LogP contribution in [0.5, 0.6) is 5.75 Å². The Kier molecular flexibility index (Phi) is 6.16. The molecule has 7 nitrogen and oxygen atoms in total. The predicted octanol–water partition coefficient (Wildman–Crippen LogP) is 5.30. The summed E-state index contributed by atoms with van der Waals surface area (Å²) in [6.07, 6.45) is 4.93. The Morgan fingerprint density at radius 1 is 1.20 bits per heavy atom. The summed E-state index contributed by atoms with van der Waals surface area (Å²) in [5.41, 5.74) is 4.23. The molecule has 4 heterocycles. The summed E-state index contributed by atoms with van der Waals surface area (Å²) >= 11 is 0. The molecule has 2 fully saturated rings. The average Bonchev–Trinajstić information content (AvgIpc) is 3.21. The van der Waals surface area contributed by atoms with E-state index in [0.717, 1.165) is 42.9 Å². The SMILES string of the molecule is C=CCOC(=O)N1CCC2(CC1)Oc1ccccc1-c1nn(C3CCN(C(C)(C)C)CC3)c(C)c12. The van der Waals surface area contributed by atoms with Crippen molar-refractivity contribution in [2.24, 2.45) is 0 Å². The van der Waals surface area contributed by atoms with E-state index in [-0.39, 0.29) is 18.2 Å². The van der Waals surface area contributed by atoms with Crippen molar-refractivity contribution in [3.8, 4) is 17.0 Å². The lowest BCUT2D eigenvalue weighted by Crippen LogP contribution is -2.49. The molecule has 3 aliphatic heterocycles. The Morgan fingerprint density at radius 2 is 1.89 bits per heavy atom. The maximum atomic E-state index is 12.4. The van der Waals surface area contributed by atoms with E-state index >= 15 is 0 Å². The van der Waals surface area contributed by atoms with E-state index < -0.39 is 5.60 Å². The summed E-state index contributed by atoms with van der Waals surface area (Å²) in [6, 6.07) is 8.62. The molecule has 5 rings (SSSR count). The van der Waals surface area contributed by atoms with Crippen molar-refractivity contribution in [2.45, 2.75) is 70.6 Å². The number of ether oxygens (including phenoxy) is 2. The molecule has 3 aliphatic rings. The fraction of sp³-hybridized carbons (Fsp3) is 0.571. The number of likely N-dealkylation sites (tertiary alicyclic amines) is 2. The van der Waals surface area contributed by atoms with Gasteiger partial charge < -0.3 is 14.4 Å². The molecule has 0 bridgehead atoms. The monoisotopic (exact) mass is 478 g/mol. The molecule has 0 aliphatic carbocycles. The standard InChI is InChI=1S/C28H38N4O3/c1-6-19-34-26(33)30-17-13-28(14-18-30)24-20(2)32(21-11-15-31(16-12-21)27(3,4)5)29-25(24)22-9-7-8-10-23(22)35-28/h6-10,21H,1,11-19H2,2-5H3. The fourth-order valence-electron chi connectivity index (χ4n) is 6.03. The maximum absolute atomic E-state index is 12.4. The Balaban J connectivity index is 1.45. The zero-order valence-corrected chi connectivity index (χ0v) is 21.5. The third-order valence-corrected chi connectivity index (χ3v) is 7.97. The topological polar surface area (TPSA) is 59.8 Å². The van der Waals surface area contributed by atoms with Crippen molar-refractivity contribution in [1.82, 2.24) is 19.6 Å². The Labute approximate surface area is 208 Å². The van der Waals surface area contributed by atoms with Gasteiger partial charge in [0, 0.05) is 61.4 Å². The molecule has 1 amide bonds. The van der Waals surface area contributed by atoms with E-state index in [9.17, 15) is 4.79 Å². The molecule has 1 aromatic carbocycles. The molecule has 0 N–H and O–H groups in total. The van der Waals surface area contributed by atoms with Gasteiger partial charge in [0.25, 0.3) is 0 Å². The van der Waals surface area contributed by atoms with Gasteiger partial charge in [-0.1, -0.05) is 24.8 Å². The van der Waals surface area contributed by atoms with Gasteiger partial charge in [-0.05, 0) is 52.7 Å². The van der Waals surface area contributed by atoms with Gasteiger partial charge in [-0.3, -0.25) is 9.58 Å². The summed E-state index contributed by atoms with van der Waals surface area (Å²) in [5.74, 6) is 0.884. The number of hydrogen-bond donors (Lipinski definition) is 0. The highest BCUT2D eigenvalue weighted by Gasteiger charge is 2.48. The number of benzene rings is 1. The number of nitrogens with zero attached hydrogens (tertiary/aromatic N) is 4.